The van der Waals surface area contributed by atoms with Crippen LogP contribution in [0.4, 0.5) is 0 Å². The Morgan fingerprint density at radius 2 is 1.70 bits per heavy atom. The van der Waals surface area contributed by atoms with E-state index in [2.05, 4.69) is 30.1 Å². The Morgan fingerprint density at radius 3 is 2.43 bits per heavy atom. The molecule has 5 atom stereocenters. The molecule has 4 aliphatic rings. The molecule has 0 unspecified atom stereocenters. The highest BCUT2D eigenvalue weighted by Gasteiger charge is 2.58. The maximum absolute atomic E-state index is 5.71. The Morgan fingerprint density at radius 1 is 0.913 bits per heavy atom. The molecule has 0 aliphatic heterocycles. The summed E-state index contributed by atoms with van der Waals surface area (Å²) in [7, 11) is 0. The average molecular weight is 314 g/mol. The number of hydrogen-bond donors (Lipinski definition) is 2. The molecular weight excluding hydrogens is 284 g/mol. The van der Waals surface area contributed by atoms with Crippen molar-refractivity contribution in [1.82, 2.24) is 0 Å². The van der Waals surface area contributed by atoms with Crippen LogP contribution in [0.1, 0.15) is 65.2 Å². The first-order valence-electron chi connectivity index (χ1n) is 9.28. The van der Waals surface area contributed by atoms with Crippen LogP contribution >= 0.6 is 0 Å². The van der Waals surface area contributed by atoms with Crippen molar-refractivity contribution < 1.29 is 0 Å². The third-order valence-electron chi connectivity index (χ3n) is 8.04. The van der Waals surface area contributed by atoms with Gasteiger partial charge in [0.25, 0.3) is 0 Å². The van der Waals surface area contributed by atoms with E-state index in [9.17, 15) is 0 Å². The summed E-state index contributed by atoms with van der Waals surface area (Å²) in [4.78, 5) is 0. The smallest absolute Gasteiger partial charge is 0.0600 e. The molecular formula is C19H30N4. The molecule has 0 amide bonds. The van der Waals surface area contributed by atoms with E-state index in [4.69, 9.17) is 11.7 Å². The summed E-state index contributed by atoms with van der Waals surface area (Å²) >= 11 is 0. The van der Waals surface area contributed by atoms with Gasteiger partial charge in [0, 0.05) is 11.1 Å². The van der Waals surface area contributed by atoms with Gasteiger partial charge in [-0.2, -0.15) is 10.2 Å². The molecule has 0 radical (unpaired) electrons. The molecule has 4 heteroatoms. The number of hydrogen-bond acceptors (Lipinski definition) is 4. The monoisotopic (exact) mass is 314 g/mol. The van der Waals surface area contributed by atoms with Crippen molar-refractivity contribution in [3.63, 3.8) is 0 Å². The molecule has 126 valence electrons. The molecule has 3 saturated carbocycles. The molecule has 0 aromatic rings. The van der Waals surface area contributed by atoms with Gasteiger partial charge in [-0.15, -0.1) is 0 Å². The predicted octanol–water partition coefficient (Wildman–Crippen LogP) is 3.58. The highest BCUT2D eigenvalue weighted by molar-refractivity contribution is 5.96. The van der Waals surface area contributed by atoms with E-state index in [1.807, 2.05) is 0 Å². The minimum absolute atomic E-state index is 0.270. The molecule has 0 aromatic carbocycles. The summed E-state index contributed by atoms with van der Waals surface area (Å²) in [5.74, 6) is 13.7. The van der Waals surface area contributed by atoms with Gasteiger partial charge in [-0.1, -0.05) is 19.4 Å². The Labute approximate surface area is 139 Å². The fraction of sp³-hybridized carbons (Fsp3) is 0.789. The summed E-state index contributed by atoms with van der Waals surface area (Å²) in [6.45, 7) is 4.94. The topological polar surface area (TPSA) is 76.8 Å². The van der Waals surface area contributed by atoms with E-state index < -0.39 is 0 Å². The number of hydrazone groups is 2. The Balaban J connectivity index is 1.68. The number of allylic oxidation sites excluding steroid dienone is 2. The lowest BCUT2D eigenvalue weighted by molar-refractivity contribution is -0.0154. The second-order valence-corrected chi connectivity index (χ2v) is 8.69. The molecule has 0 aromatic heterocycles. The number of rotatable bonds is 0. The minimum Gasteiger partial charge on any atom is -0.323 e. The van der Waals surface area contributed by atoms with E-state index in [0.29, 0.717) is 5.41 Å². The average Bonchev–Trinajstić information content (AvgIpc) is 2.90. The van der Waals surface area contributed by atoms with E-state index >= 15 is 0 Å². The largest absolute Gasteiger partial charge is 0.323 e. The first kappa shape index (κ1) is 15.2. The summed E-state index contributed by atoms with van der Waals surface area (Å²) < 4.78 is 0. The van der Waals surface area contributed by atoms with Gasteiger partial charge in [-0.3, -0.25) is 0 Å². The fourth-order valence-electron chi connectivity index (χ4n) is 6.67. The lowest BCUT2D eigenvalue weighted by atomic mass is 9.47. The first-order valence-corrected chi connectivity index (χ1v) is 9.28. The van der Waals surface area contributed by atoms with Crippen LogP contribution < -0.4 is 11.7 Å². The lowest BCUT2D eigenvalue weighted by Gasteiger charge is -2.57. The molecule has 4 aliphatic carbocycles. The predicted molar refractivity (Wildman–Crippen MR) is 94.9 cm³/mol. The quantitative estimate of drug-likeness (QED) is 0.529. The number of nitrogens with two attached hydrogens (primary N) is 2. The molecule has 0 spiro atoms. The highest BCUT2D eigenvalue weighted by atomic mass is 15.1. The van der Waals surface area contributed by atoms with Gasteiger partial charge in [0.15, 0.2) is 0 Å². The molecule has 3 fully saturated rings. The van der Waals surface area contributed by atoms with Gasteiger partial charge in [0.1, 0.15) is 0 Å². The number of nitrogens with zero attached hydrogens (tertiary/aromatic N) is 2. The van der Waals surface area contributed by atoms with Crippen molar-refractivity contribution in [3.05, 3.63) is 11.6 Å². The van der Waals surface area contributed by atoms with E-state index in [0.717, 1.165) is 36.3 Å². The van der Waals surface area contributed by atoms with Gasteiger partial charge >= 0.3 is 0 Å². The third kappa shape index (κ3) is 1.96. The summed E-state index contributed by atoms with van der Waals surface area (Å²) in [6, 6.07) is 0. The maximum Gasteiger partial charge on any atom is 0.0600 e. The van der Waals surface area contributed by atoms with Crippen LogP contribution in [0.3, 0.4) is 0 Å². The van der Waals surface area contributed by atoms with E-state index in [1.165, 1.54) is 44.2 Å². The summed E-state index contributed by atoms with van der Waals surface area (Å²) in [5, 5.41) is 8.15. The van der Waals surface area contributed by atoms with E-state index in [1.54, 1.807) is 5.57 Å². The zero-order valence-electron chi connectivity index (χ0n) is 14.5. The van der Waals surface area contributed by atoms with Crippen molar-refractivity contribution in [1.29, 1.82) is 0 Å². The fourth-order valence-corrected chi connectivity index (χ4v) is 6.67. The van der Waals surface area contributed by atoms with Gasteiger partial charge in [-0.25, -0.2) is 0 Å². The minimum atomic E-state index is 0.270. The summed E-state index contributed by atoms with van der Waals surface area (Å²) in [5.41, 5.74) is 4.62. The molecule has 4 N–H and O–H groups in total. The highest BCUT2D eigenvalue weighted by Crippen LogP contribution is 2.64. The summed E-state index contributed by atoms with van der Waals surface area (Å²) in [6.07, 6.45) is 12.1. The molecule has 0 bridgehead atoms. The second-order valence-electron chi connectivity index (χ2n) is 8.69. The van der Waals surface area contributed by atoms with Crippen LogP contribution in [0.5, 0.6) is 0 Å². The maximum atomic E-state index is 5.71. The van der Waals surface area contributed by atoms with Gasteiger partial charge in [-0.05, 0) is 80.6 Å². The SMILES string of the molecule is C[C@]12CC/C(=N\N)C=C1CC[C@H]1[C@H]2CC[C@]2(C)/C(=N/N)CC[C@H]12. The van der Waals surface area contributed by atoms with Crippen molar-refractivity contribution in [2.24, 2.45) is 50.5 Å². The van der Waals surface area contributed by atoms with Crippen LogP contribution in [-0.2, 0) is 0 Å². The van der Waals surface area contributed by atoms with Gasteiger partial charge in [0.2, 0.25) is 0 Å². The molecule has 4 nitrogen and oxygen atoms in total. The third-order valence-corrected chi connectivity index (χ3v) is 8.04. The van der Waals surface area contributed by atoms with Crippen molar-refractivity contribution in [2.75, 3.05) is 0 Å². The Kier molecular flexibility index (Phi) is 3.37. The second kappa shape index (κ2) is 5.09. The van der Waals surface area contributed by atoms with Crippen molar-refractivity contribution >= 4 is 11.4 Å². The van der Waals surface area contributed by atoms with Crippen LogP contribution in [0.2, 0.25) is 0 Å². The van der Waals surface area contributed by atoms with Crippen molar-refractivity contribution in [3.8, 4) is 0 Å². The lowest BCUT2D eigenvalue weighted by Crippen LogP contribution is -2.50. The molecule has 23 heavy (non-hydrogen) atoms. The number of fused-ring (bicyclic) bond motifs is 5. The van der Waals surface area contributed by atoms with Crippen LogP contribution in [0.15, 0.2) is 21.9 Å². The van der Waals surface area contributed by atoms with Crippen LogP contribution in [0, 0.1) is 28.6 Å². The Hall–Kier alpha value is -1.32. The zero-order valence-corrected chi connectivity index (χ0v) is 14.5. The molecule has 4 rings (SSSR count). The zero-order chi connectivity index (χ0) is 16.2. The van der Waals surface area contributed by atoms with E-state index in [-0.39, 0.29) is 5.41 Å². The van der Waals surface area contributed by atoms with Gasteiger partial charge < -0.3 is 11.7 Å². The van der Waals surface area contributed by atoms with Crippen molar-refractivity contribution in [2.45, 2.75) is 65.2 Å². The van der Waals surface area contributed by atoms with Crippen LogP contribution in [0.25, 0.3) is 0 Å². The first-order chi connectivity index (χ1) is 11.0. The molecule has 0 heterocycles. The Bertz CT molecular complexity index is 604. The van der Waals surface area contributed by atoms with Crippen LogP contribution in [-0.4, -0.2) is 11.4 Å². The van der Waals surface area contributed by atoms with Gasteiger partial charge in [0.05, 0.1) is 5.71 Å². The normalized spacial score (nSPS) is 49.5. The molecule has 0 saturated heterocycles. The standard InChI is InChI=1S/C19H30N4/c1-18-9-7-13(22-20)11-12(18)3-4-14-15-5-6-17(23-21)19(15,2)10-8-16(14)18/h11,14-16H,3-10,20-21H2,1-2H3/b22-13+,23-17+/t14-,15-,16-,18+,19+/m1/s1.